The lowest BCUT2D eigenvalue weighted by atomic mass is 10.1. The number of benzene rings is 2. The van der Waals surface area contributed by atoms with Gasteiger partial charge in [0.15, 0.2) is 0 Å². The number of fused-ring (bicyclic) bond motifs is 1. The van der Waals surface area contributed by atoms with E-state index in [1.54, 1.807) is 25.2 Å². The van der Waals surface area contributed by atoms with Crippen molar-refractivity contribution in [1.82, 2.24) is 9.29 Å². The van der Waals surface area contributed by atoms with E-state index in [1.807, 2.05) is 30.3 Å². The molecule has 1 aliphatic heterocycles. The summed E-state index contributed by atoms with van der Waals surface area (Å²) in [6.45, 7) is 0.0759. The van der Waals surface area contributed by atoms with E-state index in [2.05, 4.69) is 16.8 Å². The smallest absolute Gasteiger partial charge is 0.366 e. The third-order valence-electron chi connectivity index (χ3n) is 4.97. The van der Waals surface area contributed by atoms with Crippen LogP contribution in [-0.2, 0) is 24.3 Å². The number of carbonyl (C=O) groups excluding carboxylic acids is 1. The predicted octanol–water partition coefficient (Wildman–Crippen LogP) is 3.47. The number of carbonyl (C=O) groups is 2. The maximum Gasteiger partial charge on any atom is 0.366 e. The highest BCUT2D eigenvalue weighted by Gasteiger charge is 2.40. The average Bonchev–Trinajstić information content (AvgIpc) is 2.81. The van der Waals surface area contributed by atoms with Gasteiger partial charge >= 0.3 is 12.0 Å². The van der Waals surface area contributed by atoms with Crippen LogP contribution in [0.15, 0.2) is 71.8 Å². The molecule has 2 aromatic carbocycles. The quantitative estimate of drug-likeness (QED) is 0.490. The van der Waals surface area contributed by atoms with E-state index in [9.17, 15) is 14.1 Å². The number of aromatic nitrogens is 1. The van der Waals surface area contributed by atoms with Crippen molar-refractivity contribution in [3.8, 4) is 11.8 Å². The summed E-state index contributed by atoms with van der Waals surface area (Å²) in [5.41, 5.74) is 2.85. The number of urea groups is 1. The molecule has 7 nitrogen and oxygen atoms in total. The highest BCUT2D eigenvalue weighted by molar-refractivity contribution is 7.90. The van der Waals surface area contributed by atoms with Gasteiger partial charge in [-0.1, -0.05) is 48.4 Å². The minimum Gasteiger partial charge on any atom is -0.588 e. The van der Waals surface area contributed by atoms with Gasteiger partial charge in [-0.3, -0.25) is 4.90 Å². The molecule has 8 heteroatoms. The molecule has 1 unspecified atom stereocenters. The molecule has 1 N–H and O–H groups in total. The molecule has 0 radical (unpaired) electrons. The molecule has 0 aliphatic carbocycles. The fourth-order valence-corrected chi connectivity index (χ4v) is 4.58. The van der Waals surface area contributed by atoms with E-state index in [0.717, 1.165) is 5.56 Å². The topological polar surface area (TPSA) is 96.8 Å². The molecular weight excluding hydrogens is 426 g/mol. The number of amides is 2. The zero-order chi connectivity index (χ0) is 22.7. The van der Waals surface area contributed by atoms with Crippen molar-refractivity contribution < 1.29 is 19.2 Å². The highest BCUT2D eigenvalue weighted by Crippen LogP contribution is 2.34. The second-order valence-electron chi connectivity index (χ2n) is 7.13. The molecule has 3 aromatic rings. The van der Waals surface area contributed by atoms with Crippen LogP contribution in [0, 0.1) is 11.8 Å². The summed E-state index contributed by atoms with van der Waals surface area (Å²) >= 11 is -1.75. The van der Waals surface area contributed by atoms with Gasteiger partial charge in [0, 0.05) is 19.5 Å². The van der Waals surface area contributed by atoms with Crippen molar-refractivity contribution in [3.05, 3.63) is 89.2 Å². The minimum absolute atomic E-state index is 0.0759. The van der Waals surface area contributed by atoms with E-state index in [-0.39, 0.29) is 12.1 Å². The summed E-state index contributed by atoms with van der Waals surface area (Å²) in [4.78, 5) is 30.0. The molecule has 32 heavy (non-hydrogen) atoms. The Labute approximate surface area is 188 Å². The molecule has 2 heterocycles. The third kappa shape index (κ3) is 4.44. The average molecular weight is 446 g/mol. The van der Waals surface area contributed by atoms with Crippen molar-refractivity contribution in [2.45, 2.75) is 17.9 Å². The number of carboxylic acid groups (broad SMARTS) is 1. The van der Waals surface area contributed by atoms with Crippen LogP contribution in [-0.4, -0.2) is 38.0 Å². The van der Waals surface area contributed by atoms with Crippen LogP contribution in [0.25, 0.3) is 0 Å². The van der Waals surface area contributed by atoms with E-state index in [4.69, 9.17) is 5.11 Å². The molecule has 160 valence electrons. The van der Waals surface area contributed by atoms with Crippen LogP contribution in [0.5, 0.6) is 0 Å². The minimum atomic E-state index is -1.75. The Morgan fingerprint density at radius 1 is 1.12 bits per heavy atom. The zero-order valence-electron chi connectivity index (χ0n) is 17.2. The van der Waals surface area contributed by atoms with Gasteiger partial charge in [0.05, 0.1) is 18.3 Å². The fraction of sp³-hybridized carbons (Fsp3) is 0.125. The van der Waals surface area contributed by atoms with Crippen molar-refractivity contribution in [1.29, 1.82) is 0 Å². The van der Waals surface area contributed by atoms with Crippen molar-refractivity contribution >= 4 is 29.0 Å². The number of rotatable bonds is 4. The van der Waals surface area contributed by atoms with E-state index < -0.39 is 23.4 Å². The van der Waals surface area contributed by atoms with Crippen LogP contribution in [0.1, 0.15) is 27.2 Å². The van der Waals surface area contributed by atoms with Gasteiger partial charge < -0.3 is 9.66 Å². The first-order valence-electron chi connectivity index (χ1n) is 9.76. The number of hydrogen-bond donors (Lipinski definition) is 1. The van der Waals surface area contributed by atoms with Crippen LogP contribution in [0.2, 0.25) is 0 Å². The summed E-state index contributed by atoms with van der Waals surface area (Å²) in [7, 11) is 1.60. The monoisotopic (exact) mass is 445 g/mol. The largest absolute Gasteiger partial charge is 0.588 e. The molecule has 1 atom stereocenters. The lowest BCUT2D eigenvalue weighted by Crippen LogP contribution is -2.48. The van der Waals surface area contributed by atoms with Crippen LogP contribution in [0.3, 0.4) is 0 Å². The van der Waals surface area contributed by atoms with E-state index in [0.29, 0.717) is 28.3 Å². The fourth-order valence-electron chi connectivity index (χ4n) is 3.23. The van der Waals surface area contributed by atoms with Crippen molar-refractivity contribution in [2.75, 3.05) is 11.9 Å². The first-order chi connectivity index (χ1) is 15.4. The first-order valence-corrected chi connectivity index (χ1v) is 10.9. The zero-order valence-corrected chi connectivity index (χ0v) is 18.0. The van der Waals surface area contributed by atoms with Gasteiger partial charge in [-0.15, -0.1) is 4.31 Å². The van der Waals surface area contributed by atoms with Gasteiger partial charge in [-0.2, -0.15) is 0 Å². The number of pyridine rings is 1. The maximum absolute atomic E-state index is 13.2. The summed E-state index contributed by atoms with van der Waals surface area (Å²) in [6.07, 6.45) is 2.08. The number of nitrogens with zero attached hydrogens (tertiary/aromatic N) is 3. The number of aromatic carboxylic acids is 1. The van der Waals surface area contributed by atoms with E-state index >= 15 is 0 Å². The standard InChI is InChI=1S/C24H19N3O4S/c1-26-21-15-25-20(9-5-8-17-6-3-2-4-7-17)14-22(21)32(31)27(24(26)30)16-18-10-12-19(13-11-18)23(28)29/h2-4,6-7,10-15H,8,16H2,1H3,(H,28,29). The van der Waals surface area contributed by atoms with Gasteiger partial charge in [0.1, 0.15) is 22.7 Å². The summed E-state index contributed by atoms with van der Waals surface area (Å²) in [5.74, 6) is 5.04. The summed E-state index contributed by atoms with van der Waals surface area (Å²) in [6, 6.07) is 17.2. The molecule has 1 aromatic heterocycles. The van der Waals surface area contributed by atoms with Gasteiger partial charge in [-0.25, -0.2) is 14.6 Å². The molecule has 4 rings (SSSR count). The molecule has 0 bridgehead atoms. The molecular formula is C24H19N3O4S. The van der Waals surface area contributed by atoms with E-state index in [1.165, 1.54) is 27.5 Å². The number of carboxylic acids is 1. The Kier molecular flexibility index (Phi) is 6.12. The SMILES string of the molecule is CN1C(=O)N(Cc2ccc(C(=O)O)cc2)[S+]([O-])c2cc(C#CCc3ccccc3)ncc21. The summed E-state index contributed by atoms with van der Waals surface area (Å²) in [5, 5.41) is 9.04. The Balaban J connectivity index is 1.56. The van der Waals surface area contributed by atoms with Crippen LogP contribution < -0.4 is 4.90 Å². The second-order valence-corrected chi connectivity index (χ2v) is 8.51. The highest BCUT2D eigenvalue weighted by atomic mass is 32.2. The maximum atomic E-state index is 13.2. The third-order valence-corrected chi connectivity index (χ3v) is 6.36. The number of hydrogen-bond acceptors (Lipinski definition) is 4. The molecule has 1 aliphatic rings. The Morgan fingerprint density at radius 2 is 1.84 bits per heavy atom. The Hall–Kier alpha value is -3.80. The van der Waals surface area contributed by atoms with Gasteiger partial charge in [0.25, 0.3) is 0 Å². The molecule has 2 amide bonds. The van der Waals surface area contributed by atoms with Gasteiger partial charge in [-0.05, 0) is 29.2 Å². The Bertz CT molecular complexity index is 1220. The molecule has 0 saturated carbocycles. The Morgan fingerprint density at radius 3 is 2.53 bits per heavy atom. The first kappa shape index (κ1) is 21.4. The second kappa shape index (κ2) is 9.14. The van der Waals surface area contributed by atoms with Crippen LogP contribution in [0.4, 0.5) is 10.5 Å². The normalized spacial score (nSPS) is 15.1. The van der Waals surface area contributed by atoms with Crippen LogP contribution >= 0.6 is 0 Å². The number of anilines is 1. The lowest BCUT2D eigenvalue weighted by molar-refractivity contribution is 0.0696. The molecule has 0 spiro atoms. The summed E-state index contributed by atoms with van der Waals surface area (Å²) < 4.78 is 14.5. The van der Waals surface area contributed by atoms with Gasteiger partial charge in [0.2, 0.25) is 4.90 Å². The molecule has 0 fully saturated rings. The predicted molar refractivity (Wildman–Crippen MR) is 120 cm³/mol. The van der Waals surface area contributed by atoms with Crippen molar-refractivity contribution in [2.24, 2.45) is 0 Å². The van der Waals surface area contributed by atoms with Crippen molar-refractivity contribution in [3.63, 3.8) is 0 Å². The molecule has 0 saturated heterocycles. The lowest BCUT2D eigenvalue weighted by Gasteiger charge is -2.34.